The fourth-order valence-corrected chi connectivity index (χ4v) is 5.38. The van der Waals surface area contributed by atoms with E-state index in [1.54, 1.807) is 0 Å². The topological polar surface area (TPSA) is 54.6 Å². The molecule has 1 aromatic rings. The fraction of sp³-hybridized carbons (Fsp3) is 0.444. The van der Waals surface area contributed by atoms with Crippen LogP contribution in [0.15, 0.2) is 86.2 Å². The molecule has 0 spiro atoms. The maximum Gasteiger partial charge on any atom is 0.347 e. The third kappa shape index (κ3) is 7.84. The smallest absolute Gasteiger partial charge is 0.347 e. The number of hydrogen-bond acceptors (Lipinski definition) is 4. The second kappa shape index (κ2) is 14.3. The standard InChI is InChI=1S/C36H50N2O2/c1-14-16-31-28(12)32(20-24(8)26(10)30(15-2)23(7)18-17-21(3)4)38-35(31)33-34(37-25(9)19-22(5)6)27(11)29(13)40-36(33)39/h15,18-20,26,28,30-31,37H,2-3,9,13-14,16-17H2,1,4-8,10-12H3/b23-18+,24-20+,35-33+/t26?,28-,30?,31?/m0/s1. The number of allylic oxidation sites excluding steroid dienone is 8. The minimum Gasteiger partial charge on any atom is -0.423 e. The summed E-state index contributed by atoms with van der Waals surface area (Å²) < 4.78 is 5.60. The van der Waals surface area contributed by atoms with E-state index in [0.29, 0.717) is 22.0 Å². The van der Waals surface area contributed by atoms with Crippen molar-refractivity contribution in [2.24, 2.45) is 28.7 Å². The molecule has 4 nitrogen and oxygen atoms in total. The third-order valence-electron chi connectivity index (χ3n) is 7.92. The van der Waals surface area contributed by atoms with Gasteiger partial charge in [0.15, 0.2) is 0 Å². The summed E-state index contributed by atoms with van der Waals surface area (Å²) in [5.41, 5.74) is 8.65. The maximum absolute atomic E-state index is 13.4. The molecule has 4 heteroatoms. The van der Waals surface area contributed by atoms with E-state index in [1.165, 1.54) is 11.1 Å². The van der Waals surface area contributed by atoms with E-state index in [1.807, 2.05) is 39.8 Å². The molecular formula is C36H50N2O2. The lowest BCUT2D eigenvalue weighted by Crippen LogP contribution is -2.36. The van der Waals surface area contributed by atoms with Gasteiger partial charge in [-0.25, -0.2) is 4.79 Å². The molecule has 216 valence electrons. The highest BCUT2D eigenvalue weighted by Gasteiger charge is 2.33. The molecule has 1 N–H and O–H groups in total. The van der Waals surface area contributed by atoms with Gasteiger partial charge in [-0.3, -0.25) is 4.99 Å². The molecule has 0 saturated carbocycles. The Hall–Kier alpha value is -3.40. The predicted molar refractivity (Wildman–Crippen MR) is 175 cm³/mol. The SMILES string of the molecule is C=CC(/C(C)=C/CC(=C)C)C(C)/C(C)=C/C1=NC(=c2\c(NC(=C)C=C(C)C)c(C)c(=C)oc2=O)/C(CCC)[C@@H]1C. The molecule has 0 amide bonds. The summed E-state index contributed by atoms with van der Waals surface area (Å²) in [6.07, 6.45) is 11.2. The van der Waals surface area contributed by atoms with Crippen molar-refractivity contribution in [3.05, 3.63) is 98.6 Å². The van der Waals surface area contributed by atoms with Crippen LogP contribution in [0.2, 0.25) is 0 Å². The van der Waals surface area contributed by atoms with Crippen molar-refractivity contribution in [2.75, 3.05) is 5.32 Å². The summed E-state index contributed by atoms with van der Waals surface area (Å²) in [4.78, 5) is 18.5. The Morgan fingerprint density at radius 1 is 1.15 bits per heavy atom. The van der Waals surface area contributed by atoms with Gasteiger partial charge in [-0.1, -0.05) is 81.4 Å². The number of nitrogens with zero attached hydrogens (tertiary/aromatic N) is 1. The van der Waals surface area contributed by atoms with Crippen molar-refractivity contribution in [2.45, 2.75) is 81.6 Å². The molecule has 1 aliphatic heterocycles. The van der Waals surface area contributed by atoms with Gasteiger partial charge in [-0.15, -0.1) is 6.58 Å². The molecule has 0 aromatic carbocycles. The molecule has 0 aliphatic carbocycles. The third-order valence-corrected chi connectivity index (χ3v) is 7.92. The first kappa shape index (κ1) is 32.8. The van der Waals surface area contributed by atoms with Crippen LogP contribution in [0.1, 0.15) is 80.2 Å². The molecule has 40 heavy (non-hydrogen) atoms. The lowest BCUT2D eigenvalue weighted by molar-refractivity contribution is 0.467. The first-order valence-corrected chi connectivity index (χ1v) is 14.4. The number of rotatable bonds is 12. The zero-order chi connectivity index (χ0) is 30.3. The first-order chi connectivity index (χ1) is 18.7. The van der Waals surface area contributed by atoms with Crippen LogP contribution in [0.3, 0.4) is 0 Å². The highest BCUT2D eigenvalue weighted by Crippen LogP contribution is 2.37. The van der Waals surface area contributed by atoms with Crippen molar-refractivity contribution in [1.82, 2.24) is 0 Å². The van der Waals surface area contributed by atoms with Crippen molar-refractivity contribution in [1.29, 1.82) is 0 Å². The molecule has 4 atom stereocenters. The normalized spacial score (nSPS) is 20.5. The van der Waals surface area contributed by atoms with Gasteiger partial charge in [0.25, 0.3) is 0 Å². The van der Waals surface area contributed by atoms with Crippen LogP contribution in [0.5, 0.6) is 0 Å². The molecule has 1 aliphatic rings. The summed E-state index contributed by atoms with van der Waals surface area (Å²) >= 11 is 0. The second-order valence-corrected chi connectivity index (χ2v) is 11.7. The summed E-state index contributed by atoms with van der Waals surface area (Å²) in [6, 6.07) is 0. The highest BCUT2D eigenvalue weighted by atomic mass is 16.4. The number of aliphatic imine (C=N–C) groups is 1. The predicted octanol–water partition coefficient (Wildman–Crippen LogP) is 8.16. The van der Waals surface area contributed by atoms with Gasteiger partial charge in [0.2, 0.25) is 0 Å². The molecule has 0 radical (unpaired) electrons. The van der Waals surface area contributed by atoms with E-state index in [-0.39, 0.29) is 23.7 Å². The van der Waals surface area contributed by atoms with Gasteiger partial charge in [0, 0.05) is 34.7 Å². The monoisotopic (exact) mass is 542 g/mol. The molecule has 0 fully saturated rings. The Kier molecular flexibility index (Phi) is 11.7. The van der Waals surface area contributed by atoms with Gasteiger partial charge in [0.1, 0.15) is 10.6 Å². The zero-order valence-electron chi connectivity index (χ0n) is 26.3. The van der Waals surface area contributed by atoms with Crippen molar-refractivity contribution >= 4 is 23.7 Å². The molecule has 2 rings (SSSR count). The average molecular weight is 543 g/mol. The van der Waals surface area contributed by atoms with Crippen molar-refractivity contribution in [3.63, 3.8) is 0 Å². The Morgan fingerprint density at radius 2 is 1.80 bits per heavy atom. The van der Waals surface area contributed by atoms with Gasteiger partial charge in [-0.2, -0.15) is 0 Å². The lowest BCUT2D eigenvalue weighted by Gasteiger charge is -2.23. The number of nitrogens with one attached hydrogen (secondary N) is 1. The summed E-state index contributed by atoms with van der Waals surface area (Å²) in [5.74, 6) is 0.734. The van der Waals surface area contributed by atoms with E-state index in [0.717, 1.165) is 47.4 Å². The van der Waals surface area contributed by atoms with E-state index >= 15 is 0 Å². The van der Waals surface area contributed by atoms with E-state index in [4.69, 9.17) is 9.41 Å². The second-order valence-electron chi connectivity index (χ2n) is 11.7. The Morgan fingerprint density at radius 3 is 2.35 bits per heavy atom. The Labute approximate surface area is 242 Å². The Balaban J connectivity index is 2.74. The molecule has 0 bridgehead atoms. The highest BCUT2D eigenvalue weighted by molar-refractivity contribution is 6.03. The quantitative estimate of drug-likeness (QED) is 0.214. The fourth-order valence-electron chi connectivity index (χ4n) is 5.38. The van der Waals surface area contributed by atoms with Crippen LogP contribution in [-0.2, 0) is 0 Å². The largest absolute Gasteiger partial charge is 0.423 e. The average Bonchev–Trinajstić information content (AvgIpc) is 3.15. The minimum absolute atomic E-state index is 0.0991. The molecule has 1 aromatic heterocycles. The van der Waals surface area contributed by atoms with Crippen molar-refractivity contribution in [3.8, 4) is 0 Å². The molecule has 0 saturated heterocycles. The van der Waals surface area contributed by atoms with E-state index in [9.17, 15) is 4.79 Å². The Bertz CT molecular complexity index is 1440. The molecule has 3 unspecified atom stereocenters. The lowest BCUT2D eigenvalue weighted by atomic mass is 9.81. The van der Waals surface area contributed by atoms with Gasteiger partial charge < -0.3 is 9.73 Å². The summed E-state index contributed by atoms with van der Waals surface area (Å²) in [7, 11) is 0. The van der Waals surface area contributed by atoms with Crippen LogP contribution < -0.4 is 21.6 Å². The maximum atomic E-state index is 13.4. The summed E-state index contributed by atoms with van der Waals surface area (Å²) in [6.45, 7) is 35.2. The van der Waals surface area contributed by atoms with E-state index < -0.39 is 5.63 Å². The molecular weight excluding hydrogens is 492 g/mol. The van der Waals surface area contributed by atoms with Gasteiger partial charge in [0.05, 0.1) is 11.4 Å². The summed E-state index contributed by atoms with van der Waals surface area (Å²) in [5, 5.41) is 3.86. The van der Waals surface area contributed by atoms with Crippen LogP contribution in [0, 0.1) is 30.6 Å². The number of hydrogen-bond donors (Lipinski definition) is 1. The molecule has 2 heterocycles. The number of anilines is 1. The van der Waals surface area contributed by atoms with Crippen LogP contribution in [0.25, 0.3) is 12.3 Å². The minimum atomic E-state index is -0.421. The van der Waals surface area contributed by atoms with E-state index in [2.05, 4.69) is 78.4 Å². The van der Waals surface area contributed by atoms with Gasteiger partial charge in [-0.05, 0) is 72.5 Å². The van der Waals surface area contributed by atoms with Gasteiger partial charge >= 0.3 is 5.63 Å². The first-order valence-electron chi connectivity index (χ1n) is 14.4. The van der Waals surface area contributed by atoms with Crippen LogP contribution >= 0.6 is 0 Å². The van der Waals surface area contributed by atoms with Crippen LogP contribution in [-0.4, -0.2) is 5.71 Å². The van der Waals surface area contributed by atoms with Crippen molar-refractivity contribution < 1.29 is 4.42 Å². The zero-order valence-corrected chi connectivity index (χ0v) is 26.3. The van der Waals surface area contributed by atoms with Crippen LogP contribution in [0.4, 0.5) is 5.69 Å².